The number of thioether (sulfide) groups is 1. The van der Waals surface area contributed by atoms with E-state index in [1.807, 2.05) is 0 Å². The second-order valence-corrected chi connectivity index (χ2v) is 5.09. The van der Waals surface area contributed by atoms with E-state index in [0.717, 1.165) is 11.8 Å². The summed E-state index contributed by atoms with van der Waals surface area (Å²) < 4.78 is 66.2. The van der Waals surface area contributed by atoms with Crippen LogP contribution in [0.3, 0.4) is 0 Å². The van der Waals surface area contributed by atoms with Crippen molar-refractivity contribution in [3.8, 4) is 0 Å². The maximum absolute atomic E-state index is 12.9. The minimum atomic E-state index is -4.04. The molecule has 0 rings (SSSR count). The second kappa shape index (κ2) is 7.81. The van der Waals surface area contributed by atoms with Gasteiger partial charge in [-0.25, -0.2) is 22.0 Å². The van der Waals surface area contributed by atoms with Crippen molar-refractivity contribution in [2.45, 2.75) is 43.5 Å². The van der Waals surface area contributed by atoms with Gasteiger partial charge in [-0.2, -0.15) is 0 Å². The summed E-state index contributed by atoms with van der Waals surface area (Å²) in [6, 6.07) is 0. The third-order valence-corrected chi connectivity index (χ3v) is 3.40. The van der Waals surface area contributed by atoms with Crippen molar-refractivity contribution in [2.75, 3.05) is 12.9 Å². The highest BCUT2D eigenvalue weighted by molar-refractivity contribution is 8.00. The highest BCUT2D eigenvalue weighted by Gasteiger charge is 2.45. The molecule has 0 radical (unpaired) electrons. The number of alkyl halides is 5. The molecule has 0 N–H and O–H groups in total. The van der Waals surface area contributed by atoms with Crippen molar-refractivity contribution in [3.63, 3.8) is 0 Å². The molecule has 2 nitrogen and oxygen atoms in total. The molecular weight excluding hydrogens is 279 g/mol. The fourth-order valence-electron chi connectivity index (χ4n) is 1.12. The smallest absolute Gasteiger partial charge is 0.318 e. The predicted octanol–water partition coefficient (Wildman–Crippen LogP) is 3.30. The Bertz CT molecular complexity index is 263. The maximum Gasteiger partial charge on any atom is 0.318 e. The molecule has 0 fully saturated rings. The minimum absolute atomic E-state index is 0.141. The molecule has 0 saturated heterocycles. The number of rotatable bonds is 8. The molecule has 0 aliphatic rings. The summed E-state index contributed by atoms with van der Waals surface area (Å²) in [5.74, 6) is -4.40. The molecule has 8 heteroatoms. The molecule has 0 spiro atoms. The zero-order chi connectivity index (χ0) is 14.3. The fraction of sp³-hybridized carbons (Fsp3) is 0.900. The average molecular weight is 294 g/mol. The highest BCUT2D eigenvalue weighted by Crippen LogP contribution is 2.31. The summed E-state index contributed by atoms with van der Waals surface area (Å²) >= 11 is 1.05. The molecule has 0 amide bonds. The van der Waals surface area contributed by atoms with Crippen molar-refractivity contribution in [1.82, 2.24) is 0 Å². The van der Waals surface area contributed by atoms with Gasteiger partial charge in [-0.15, -0.1) is 11.8 Å². The van der Waals surface area contributed by atoms with E-state index in [2.05, 4.69) is 4.74 Å². The van der Waals surface area contributed by atoms with Crippen LogP contribution in [0.15, 0.2) is 0 Å². The Labute approximate surface area is 106 Å². The van der Waals surface area contributed by atoms with Gasteiger partial charge in [0.2, 0.25) is 6.17 Å². The van der Waals surface area contributed by atoms with Gasteiger partial charge >= 0.3 is 5.97 Å². The monoisotopic (exact) mass is 294 g/mol. The quantitative estimate of drug-likeness (QED) is 0.390. The molecule has 0 aromatic carbocycles. The first-order chi connectivity index (χ1) is 8.22. The van der Waals surface area contributed by atoms with Crippen molar-refractivity contribution in [1.29, 1.82) is 0 Å². The Morgan fingerprint density at radius 3 is 2.33 bits per heavy atom. The number of halogens is 5. The molecule has 2 atom stereocenters. The van der Waals surface area contributed by atoms with E-state index < -0.39 is 36.2 Å². The molecule has 0 heterocycles. The first kappa shape index (κ1) is 17.5. The number of hydrogen-bond donors (Lipinski definition) is 0. The molecule has 0 aromatic rings. The molecule has 2 unspecified atom stereocenters. The summed E-state index contributed by atoms with van der Waals surface area (Å²) in [7, 11) is 1.20. The van der Waals surface area contributed by atoms with Gasteiger partial charge in [0, 0.05) is 6.42 Å². The van der Waals surface area contributed by atoms with Gasteiger partial charge in [0.1, 0.15) is 0 Å². The van der Waals surface area contributed by atoms with Gasteiger partial charge in [0.15, 0.2) is 0 Å². The number of ether oxygens (including phenoxy) is 1. The first-order valence-electron chi connectivity index (χ1n) is 5.22. The van der Waals surface area contributed by atoms with E-state index in [-0.39, 0.29) is 12.2 Å². The molecule has 108 valence electrons. The molecule has 0 bridgehead atoms. The topological polar surface area (TPSA) is 26.3 Å². The van der Waals surface area contributed by atoms with Crippen molar-refractivity contribution in [3.05, 3.63) is 0 Å². The van der Waals surface area contributed by atoms with Crippen LogP contribution in [0.2, 0.25) is 0 Å². The van der Waals surface area contributed by atoms with Crippen LogP contribution < -0.4 is 0 Å². The van der Waals surface area contributed by atoms with Crippen LogP contribution in [-0.4, -0.2) is 42.6 Å². The lowest BCUT2D eigenvalue weighted by Crippen LogP contribution is -2.35. The summed E-state index contributed by atoms with van der Waals surface area (Å²) in [6.07, 6.45) is -8.27. The lowest BCUT2D eigenvalue weighted by atomic mass is 10.1. The van der Waals surface area contributed by atoms with E-state index in [4.69, 9.17) is 0 Å². The maximum atomic E-state index is 12.9. The molecule has 18 heavy (non-hydrogen) atoms. The molecule has 0 aliphatic heterocycles. The number of carbonyl (C=O) groups is 1. The Kier molecular flexibility index (Phi) is 7.58. The van der Waals surface area contributed by atoms with E-state index in [9.17, 15) is 26.7 Å². The Morgan fingerprint density at radius 2 is 1.89 bits per heavy atom. The number of esters is 1. The van der Waals surface area contributed by atoms with Crippen LogP contribution in [0, 0.1) is 0 Å². The third-order valence-electron chi connectivity index (χ3n) is 2.18. The van der Waals surface area contributed by atoms with E-state index in [1.54, 1.807) is 0 Å². The normalized spacial score (nSPS) is 15.6. The third kappa shape index (κ3) is 5.88. The number of hydrogen-bond acceptors (Lipinski definition) is 3. The van der Waals surface area contributed by atoms with Crippen LogP contribution in [0.5, 0.6) is 0 Å². The van der Waals surface area contributed by atoms with Gasteiger partial charge in [0.05, 0.1) is 12.4 Å². The summed E-state index contributed by atoms with van der Waals surface area (Å²) in [4.78, 5) is 11.0. The molecule has 0 aromatic heterocycles. The van der Waals surface area contributed by atoms with Crippen LogP contribution in [0.1, 0.15) is 19.8 Å². The van der Waals surface area contributed by atoms with E-state index in [1.165, 1.54) is 14.0 Å². The number of methoxy groups -OCH3 is 1. The van der Waals surface area contributed by atoms with Crippen LogP contribution in [0.4, 0.5) is 22.0 Å². The molecular formula is C10H15F5O2S. The number of carbonyl (C=O) groups excluding carboxylic acids is 1. The lowest BCUT2D eigenvalue weighted by Gasteiger charge is -2.20. The van der Waals surface area contributed by atoms with Gasteiger partial charge in [0.25, 0.3) is 12.3 Å². The minimum Gasteiger partial charge on any atom is -0.468 e. The Morgan fingerprint density at radius 1 is 1.33 bits per heavy atom. The Hall–Kier alpha value is -0.530. The first-order valence-corrected chi connectivity index (χ1v) is 6.26. The SMILES string of the molecule is COC(=O)C(C)SCCCC(F)(F)C(F)C(F)F. The van der Waals surface area contributed by atoms with E-state index >= 15 is 0 Å². The van der Waals surface area contributed by atoms with Crippen LogP contribution in [-0.2, 0) is 9.53 Å². The average Bonchev–Trinajstić information content (AvgIpc) is 2.31. The summed E-state index contributed by atoms with van der Waals surface area (Å²) in [5.41, 5.74) is 0. The largest absolute Gasteiger partial charge is 0.468 e. The van der Waals surface area contributed by atoms with Crippen molar-refractivity contribution < 1.29 is 31.5 Å². The van der Waals surface area contributed by atoms with Gasteiger partial charge in [-0.1, -0.05) is 0 Å². The summed E-state index contributed by atoms with van der Waals surface area (Å²) in [5, 5.41) is -0.528. The van der Waals surface area contributed by atoms with Crippen LogP contribution >= 0.6 is 11.8 Å². The fourth-order valence-corrected chi connectivity index (χ4v) is 2.02. The second-order valence-electron chi connectivity index (χ2n) is 3.64. The zero-order valence-corrected chi connectivity index (χ0v) is 10.8. The molecule has 0 aliphatic carbocycles. The summed E-state index contributed by atoms with van der Waals surface area (Å²) in [6.45, 7) is 1.53. The predicted molar refractivity (Wildman–Crippen MR) is 59.0 cm³/mol. The lowest BCUT2D eigenvalue weighted by molar-refractivity contribution is -0.139. The molecule has 0 saturated carbocycles. The van der Waals surface area contributed by atoms with Crippen molar-refractivity contribution in [2.24, 2.45) is 0 Å². The van der Waals surface area contributed by atoms with Gasteiger partial charge in [-0.3, -0.25) is 4.79 Å². The van der Waals surface area contributed by atoms with Gasteiger partial charge < -0.3 is 4.74 Å². The van der Waals surface area contributed by atoms with Crippen LogP contribution in [0.25, 0.3) is 0 Å². The standard InChI is InChI=1S/C10H15F5O2S/c1-6(9(16)17-2)18-5-3-4-10(14,15)7(11)8(12)13/h6-8H,3-5H2,1-2H3. The zero-order valence-electron chi connectivity index (χ0n) is 9.97. The van der Waals surface area contributed by atoms with E-state index in [0.29, 0.717) is 0 Å². The van der Waals surface area contributed by atoms with Crippen molar-refractivity contribution >= 4 is 17.7 Å². The van der Waals surface area contributed by atoms with Gasteiger partial charge in [-0.05, 0) is 19.1 Å². The highest BCUT2D eigenvalue weighted by atomic mass is 32.2. The Balaban J connectivity index is 3.94.